The zero-order chi connectivity index (χ0) is 23.3. The molecule has 0 saturated carbocycles. The van der Waals surface area contributed by atoms with Gasteiger partial charge in [0.1, 0.15) is 11.4 Å². The molecule has 0 spiro atoms. The van der Waals surface area contributed by atoms with Crippen LogP contribution >= 0.6 is 11.8 Å². The standard InChI is InChI=1S/C22H17F4N3O2S/c1-21(2)19(30)29(15-4-6-16(7-5-15)32-22(24,25)26)20(31)28(21)12-13-9-10-27-18-8-3-14(23)11-17(13)18/h3-11H,12H2,1-2H3. The number of pyridine rings is 1. The number of carbonyl (C=O) groups is 2. The van der Waals surface area contributed by atoms with E-state index in [0.717, 1.165) is 4.90 Å². The van der Waals surface area contributed by atoms with Crippen LogP contribution in [0.4, 0.5) is 28.0 Å². The van der Waals surface area contributed by atoms with Crippen LogP contribution < -0.4 is 4.90 Å². The third-order valence-electron chi connectivity index (χ3n) is 5.27. The number of imide groups is 1. The number of halogens is 4. The van der Waals surface area contributed by atoms with E-state index in [1.165, 1.54) is 47.4 Å². The summed E-state index contributed by atoms with van der Waals surface area (Å²) in [5.41, 5.74) is -4.32. The predicted octanol–water partition coefficient (Wildman–Crippen LogP) is 5.73. The molecule has 1 aliphatic heterocycles. The van der Waals surface area contributed by atoms with Crippen LogP contribution in [-0.4, -0.2) is 32.9 Å². The van der Waals surface area contributed by atoms with E-state index in [0.29, 0.717) is 16.5 Å². The average molecular weight is 463 g/mol. The van der Waals surface area contributed by atoms with Crippen molar-refractivity contribution in [3.8, 4) is 0 Å². The van der Waals surface area contributed by atoms with Gasteiger partial charge in [0.05, 0.1) is 11.2 Å². The Hall–Kier alpha value is -3.14. The van der Waals surface area contributed by atoms with Crippen LogP contribution in [0.1, 0.15) is 19.4 Å². The summed E-state index contributed by atoms with van der Waals surface area (Å²) in [5.74, 6) is -0.962. The van der Waals surface area contributed by atoms with Crippen molar-refractivity contribution >= 4 is 40.3 Å². The van der Waals surface area contributed by atoms with E-state index in [9.17, 15) is 27.2 Å². The summed E-state index contributed by atoms with van der Waals surface area (Å²) in [6, 6.07) is 10.2. The number of nitrogens with zero attached hydrogens (tertiary/aromatic N) is 3. The zero-order valence-corrected chi connectivity index (χ0v) is 17.8. The SMILES string of the molecule is CC1(C)C(=O)N(c2ccc(SC(F)(F)F)cc2)C(=O)N1Cc1ccnc2ccc(F)cc12. The molecule has 1 saturated heterocycles. The summed E-state index contributed by atoms with van der Waals surface area (Å²) in [5, 5.41) is 0.524. The molecule has 0 radical (unpaired) electrons. The van der Waals surface area contributed by atoms with Crippen molar-refractivity contribution in [2.45, 2.75) is 36.3 Å². The number of alkyl halides is 3. The number of amides is 3. The summed E-state index contributed by atoms with van der Waals surface area (Å²) in [4.78, 5) is 32.7. The van der Waals surface area contributed by atoms with Gasteiger partial charge in [-0.05, 0) is 79.7 Å². The van der Waals surface area contributed by atoms with Crippen LogP contribution in [-0.2, 0) is 11.3 Å². The molecule has 32 heavy (non-hydrogen) atoms. The van der Waals surface area contributed by atoms with Gasteiger partial charge in [0, 0.05) is 23.0 Å². The van der Waals surface area contributed by atoms with Gasteiger partial charge >= 0.3 is 11.5 Å². The summed E-state index contributed by atoms with van der Waals surface area (Å²) < 4.78 is 51.5. The Bertz CT molecular complexity index is 1210. The number of carbonyl (C=O) groups excluding carboxylic acids is 2. The molecular weight excluding hydrogens is 446 g/mol. The molecule has 10 heteroatoms. The van der Waals surface area contributed by atoms with Crippen LogP contribution in [0.2, 0.25) is 0 Å². The van der Waals surface area contributed by atoms with Crippen LogP contribution in [0.25, 0.3) is 10.9 Å². The average Bonchev–Trinajstić information content (AvgIpc) is 2.87. The van der Waals surface area contributed by atoms with E-state index >= 15 is 0 Å². The number of hydrogen-bond donors (Lipinski definition) is 0. The van der Waals surface area contributed by atoms with Gasteiger partial charge in [0.2, 0.25) is 0 Å². The van der Waals surface area contributed by atoms with Crippen LogP contribution in [0.15, 0.2) is 59.6 Å². The molecule has 0 atom stereocenters. The van der Waals surface area contributed by atoms with Gasteiger partial charge in [-0.1, -0.05) is 0 Å². The quantitative estimate of drug-likeness (QED) is 0.282. The van der Waals surface area contributed by atoms with Crippen molar-refractivity contribution in [3.63, 3.8) is 0 Å². The molecule has 2 aromatic carbocycles. The number of rotatable bonds is 4. The third-order valence-corrected chi connectivity index (χ3v) is 6.01. The van der Waals surface area contributed by atoms with E-state index in [1.54, 1.807) is 26.1 Å². The normalized spacial score (nSPS) is 16.3. The maximum absolute atomic E-state index is 13.8. The molecule has 1 aromatic heterocycles. The Morgan fingerprint density at radius 3 is 2.38 bits per heavy atom. The second-order valence-electron chi connectivity index (χ2n) is 7.74. The van der Waals surface area contributed by atoms with E-state index in [2.05, 4.69) is 4.98 Å². The Morgan fingerprint density at radius 1 is 1.03 bits per heavy atom. The highest BCUT2D eigenvalue weighted by Crippen LogP contribution is 2.39. The minimum atomic E-state index is -4.44. The fourth-order valence-corrected chi connectivity index (χ4v) is 4.15. The highest BCUT2D eigenvalue weighted by atomic mass is 32.2. The van der Waals surface area contributed by atoms with Gasteiger partial charge in [0.15, 0.2) is 0 Å². The number of anilines is 1. The molecular formula is C22H17F4N3O2S. The predicted molar refractivity (Wildman–Crippen MR) is 113 cm³/mol. The number of thioether (sulfide) groups is 1. The van der Waals surface area contributed by atoms with E-state index in [1.807, 2.05) is 0 Å². The lowest BCUT2D eigenvalue weighted by atomic mass is 10.0. The Labute approximate surface area is 185 Å². The summed E-state index contributed by atoms with van der Waals surface area (Å²) >= 11 is -0.277. The Kier molecular flexibility index (Phi) is 5.36. The smallest absolute Gasteiger partial charge is 0.305 e. The summed E-state index contributed by atoms with van der Waals surface area (Å²) in [7, 11) is 0. The largest absolute Gasteiger partial charge is 0.446 e. The molecule has 1 aliphatic rings. The molecule has 5 nitrogen and oxygen atoms in total. The number of hydrogen-bond acceptors (Lipinski definition) is 4. The first-order valence-corrected chi connectivity index (χ1v) is 10.3. The van der Waals surface area contributed by atoms with E-state index in [-0.39, 0.29) is 28.9 Å². The van der Waals surface area contributed by atoms with Gasteiger partial charge in [-0.3, -0.25) is 9.78 Å². The number of benzene rings is 2. The number of fused-ring (bicyclic) bond motifs is 1. The van der Waals surface area contributed by atoms with E-state index < -0.39 is 28.8 Å². The number of aromatic nitrogens is 1. The third kappa shape index (κ3) is 4.02. The molecule has 1 fully saturated rings. The lowest BCUT2D eigenvalue weighted by Gasteiger charge is -2.28. The van der Waals surface area contributed by atoms with Crippen molar-refractivity contribution in [1.82, 2.24) is 9.88 Å². The van der Waals surface area contributed by atoms with E-state index in [4.69, 9.17) is 0 Å². The number of urea groups is 1. The molecule has 0 unspecified atom stereocenters. The summed E-state index contributed by atoms with van der Waals surface area (Å²) in [6.45, 7) is 3.20. The van der Waals surface area contributed by atoms with Crippen LogP contribution in [0.3, 0.4) is 0 Å². The molecule has 0 aliphatic carbocycles. The van der Waals surface area contributed by atoms with Gasteiger partial charge in [-0.25, -0.2) is 14.1 Å². The molecule has 3 amide bonds. The minimum Gasteiger partial charge on any atom is -0.305 e. The minimum absolute atomic E-state index is 0.0263. The second-order valence-corrected chi connectivity index (χ2v) is 8.88. The maximum Gasteiger partial charge on any atom is 0.446 e. The first-order valence-electron chi connectivity index (χ1n) is 9.52. The zero-order valence-electron chi connectivity index (χ0n) is 17.0. The topological polar surface area (TPSA) is 53.5 Å². The monoisotopic (exact) mass is 463 g/mol. The Morgan fingerprint density at radius 2 is 1.72 bits per heavy atom. The van der Waals surface area contributed by atoms with Crippen LogP contribution in [0, 0.1) is 5.82 Å². The maximum atomic E-state index is 13.8. The molecule has 166 valence electrons. The van der Waals surface area contributed by atoms with Gasteiger partial charge in [0.25, 0.3) is 5.91 Å². The second kappa shape index (κ2) is 7.77. The highest BCUT2D eigenvalue weighted by Gasteiger charge is 2.51. The lowest BCUT2D eigenvalue weighted by Crippen LogP contribution is -2.43. The van der Waals surface area contributed by atoms with Gasteiger partial charge in [-0.15, -0.1) is 0 Å². The van der Waals surface area contributed by atoms with Crippen molar-refractivity contribution in [2.24, 2.45) is 0 Å². The first-order chi connectivity index (χ1) is 15.0. The first kappa shape index (κ1) is 22.1. The highest BCUT2D eigenvalue weighted by molar-refractivity contribution is 8.00. The van der Waals surface area contributed by atoms with Crippen molar-refractivity contribution in [3.05, 3.63) is 66.1 Å². The molecule has 2 heterocycles. The lowest BCUT2D eigenvalue weighted by molar-refractivity contribution is -0.123. The molecule has 0 N–H and O–H groups in total. The van der Waals surface area contributed by atoms with Gasteiger partial charge < -0.3 is 4.90 Å². The Balaban J connectivity index is 1.65. The fraction of sp³-hybridized carbons (Fsp3) is 0.227. The van der Waals surface area contributed by atoms with Crippen molar-refractivity contribution in [2.75, 3.05) is 4.90 Å². The fourth-order valence-electron chi connectivity index (χ4n) is 3.61. The van der Waals surface area contributed by atoms with Crippen molar-refractivity contribution in [1.29, 1.82) is 0 Å². The molecule has 3 aromatic rings. The summed E-state index contributed by atoms with van der Waals surface area (Å²) in [6.07, 6.45) is 1.54. The van der Waals surface area contributed by atoms with Crippen molar-refractivity contribution < 1.29 is 27.2 Å². The molecule has 4 rings (SSSR count). The molecule has 0 bridgehead atoms. The van der Waals surface area contributed by atoms with Crippen LogP contribution in [0.5, 0.6) is 0 Å². The van der Waals surface area contributed by atoms with Gasteiger partial charge in [-0.2, -0.15) is 13.2 Å².